The molecule has 0 saturated heterocycles. The number of aryl methyl sites for hydroxylation is 2. The molecule has 1 aliphatic rings. The summed E-state index contributed by atoms with van der Waals surface area (Å²) in [7, 11) is 0. The van der Waals surface area contributed by atoms with E-state index in [1.807, 2.05) is 25.1 Å². The highest BCUT2D eigenvalue weighted by Gasteiger charge is 2.40. The second kappa shape index (κ2) is 5.14. The maximum Gasteiger partial charge on any atom is 0.268 e. The molecule has 4 nitrogen and oxygen atoms in total. The summed E-state index contributed by atoms with van der Waals surface area (Å²) < 4.78 is 0. The number of rotatable bonds is 1. The van der Waals surface area contributed by atoms with Gasteiger partial charge in [-0.1, -0.05) is 35.4 Å². The van der Waals surface area contributed by atoms with Crippen molar-refractivity contribution in [1.29, 1.82) is 0 Å². The summed E-state index contributed by atoms with van der Waals surface area (Å²) in [5.41, 5.74) is 3.43. The van der Waals surface area contributed by atoms with E-state index < -0.39 is 0 Å². The fraction of sp³-hybridized carbons (Fsp3) is 0.105. The van der Waals surface area contributed by atoms with Crippen LogP contribution in [0.2, 0.25) is 5.02 Å². The van der Waals surface area contributed by atoms with Crippen LogP contribution in [0, 0.1) is 13.8 Å². The van der Waals surface area contributed by atoms with Crippen LogP contribution in [0.3, 0.4) is 0 Å². The summed E-state index contributed by atoms with van der Waals surface area (Å²) in [6.45, 7) is 3.69. The van der Waals surface area contributed by atoms with E-state index >= 15 is 0 Å². The predicted molar refractivity (Wildman–Crippen MR) is 93.8 cm³/mol. The standard InChI is InChI=1S/C19H13ClN2O2/c1-10-7-8-14-12(9-10)17-16(11(2)21-14)18(23)22(19(17)24)15-6-4-3-5-13(15)20/h3-9H,1-2H3. The van der Waals surface area contributed by atoms with Gasteiger partial charge in [-0.25, -0.2) is 4.90 Å². The zero-order valence-corrected chi connectivity index (χ0v) is 13.9. The smallest absolute Gasteiger partial charge is 0.268 e. The van der Waals surface area contributed by atoms with Crippen molar-refractivity contribution in [2.24, 2.45) is 0 Å². The first kappa shape index (κ1) is 14.8. The summed E-state index contributed by atoms with van der Waals surface area (Å²) in [5, 5.41) is 1.06. The van der Waals surface area contributed by atoms with E-state index in [9.17, 15) is 9.59 Å². The topological polar surface area (TPSA) is 50.3 Å². The minimum Gasteiger partial charge on any atom is -0.268 e. The monoisotopic (exact) mass is 336 g/mol. The van der Waals surface area contributed by atoms with Gasteiger partial charge in [-0.3, -0.25) is 14.6 Å². The normalized spacial score (nSPS) is 13.7. The number of aromatic nitrogens is 1. The summed E-state index contributed by atoms with van der Waals surface area (Å²) in [4.78, 5) is 31.6. The highest BCUT2D eigenvalue weighted by molar-refractivity contribution is 6.41. The lowest BCUT2D eigenvalue weighted by molar-refractivity contribution is 0.0926. The molecule has 4 rings (SSSR count). The number of carbonyl (C=O) groups is 2. The Bertz CT molecular complexity index is 1040. The highest BCUT2D eigenvalue weighted by atomic mass is 35.5. The Morgan fingerprint density at radius 3 is 2.42 bits per heavy atom. The van der Waals surface area contributed by atoms with Gasteiger partial charge in [0, 0.05) is 5.39 Å². The van der Waals surface area contributed by atoms with E-state index in [1.165, 1.54) is 0 Å². The number of halogens is 1. The third-order valence-corrected chi connectivity index (χ3v) is 4.57. The number of carbonyl (C=O) groups excluding carboxylic acids is 2. The van der Waals surface area contributed by atoms with Crippen LogP contribution in [0.4, 0.5) is 5.69 Å². The molecule has 1 aromatic heterocycles. The van der Waals surface area contributed by atoms with Crippen molar-refractivity contribution < 1.29 is 9.59 Å². The van der Waals surface area contributed by atoms with Gasteiger partial charge >= 0.3 is 0 Å². The van der Waals surface area contributed by atoms with Crippen LogP contribution in [-0.2, 0) is 0 Å². The average Bonchev–Trinajstić information content (AvgIpc) is 2.81. The molecule has 2 aromatic carbocycles. The molecule has 0 bridgehead atoms. The molecular formula is C19H13ClN2O2. The maximum atomic E-state index is 13.1. The van der Waals surface area contributed by atoms with E-state index in [2.05, 4.69) is 4.98 Å². The van der Waals surface area contributed by atoms with Gasteiger partial charge in [0.25, 0.3) is 11.8 Å². The number of hydrogen-bond acceptors (Lipinski definition) is 3. The first-order valence-electron chi connectivity index (χ1n) is 7.53. The van der Waals surface area contributed by atoms with Crippen LogP contribution < -0.4 is 4.90 Å². The zero-order valence-electron chi connectivity index (χ0n) is 13.1. The molecule has 0 radical (unpaired) electrons. The summed E-state index contributed by atoms with van der Waals surface area (Å²) in [5.74, 6) is -0.735. The van der Waals surface area contributed by atoms with E-state index in [0.717, 1.165) is 10.5 Å². The van der Waals surface area contributed by atoms with Crippen molar-refractivity contribution in [1.82, 2.24) is 4.98 Å². The Balaban J connectivity index is 2.03. The molecular weight excluding hydrogens is 324 g/mol. The van der Waals surface area contributed by atoms with Crippen molar-refractivity contribution in [2.75, 3.05) is 4.90 Å². The molecule has 0 spiro atoms. The minimum absolute atomic E-state index is 0.357. The minimum atomic E-state index is -0.378. The Morgan fingerprint density at radius 1 is 0.958 bits per heavy atom. The fourth-order valence-electron chi connectivity index (χ4n) is 3.15. The number of fused-ring (bicyclic) bond motifs is 3. The molecule has 2 amide bonds. The molecule has 118 valence electrons. The Kier molecular flexibility index (Phi) is 3.18. The molecule has 3 aromatic rings. The van der Waals surface area contributed by atoms with Gasteiger partial charge in [-0.15, -0.1) is 0 Å². The van der Waals surface area contributed by atoms with Crippen LogP contribution in [0.15, 0.2) is 42.5 Å². The maximum absolute atomic E-state index is 13.1. The number of hydrogen-bond donors (Lipinski definition) is 0. The number of amides is 2. The molecule has 0 saturated carbocycles. The number of imide groups is 1. The number of anilines is 1. The van der Waals surface area contributed by atoms with Crippen molar-refractivity contribution in [2.45, 2.75) is 13.8 Å². The number of pyridine rings is 1. The van der Waals surface area contributed by atoms with Gasteiger partial charge in [-0.05, 0) is 38.1 Å². The van der Waals surface area contributed by atoms with E-state index in [4.69, 9.17) is 11.6 Å². The Morgan fingerprint density at radius 2 is 1.67 bits per heavy atom. The lowest BCUT2D eigenvalue weighted by atomic mass is 10.0. The molecule has 0 fully saturated rings. The van der Waals surface area contributed by atoms with Crippen LogP contribution in [0.1, 0.15) is 32.0 Å². The van der Waals surface area contributed by atoms with E-state index in [1.54, 1.807) is 31.2 Å². The van der Waals surface area contributed by atoms with Crippen molar-refractivity contribution in [3.05, 3.63) is 69.9 Å². The van der Waals surface area contributed by atoms with Crippen LogP contribution in [-0.4, -0.2) is 16.8 Å². The van der Waals surface area contributed by atoms with Gasteiger partial charge in [-0.2, -0.15) is 0 Å². The Hall–Kier alpha value is -2.72. The van der Waals surface area contributed by atoms with Gasteiger partial charge in [0.05, 0.1) is 33.0 Å². The lowest BCUT2D eigenvalue weighted by Gasteiger charge is -2.15. The van der Waals surface area contributed by atoms with Gasteiger partial charge in [0.2, 0.25) is 0 Å². The summed E-state index contributed by atoms with van der Waals surface area (Å²) in [6, 6.07) is 12.5. The van der Waals surface area contributed by atoms with Crippen LogP contribution in [0.25, 0.3) is 10.9 Å². The molecule has 5 heteroatoms. The SMILES string of the molecule is Cc1ccc2nc(C)c3c(c2c1)C(=O)N(c1ccccc1Cl)C3=O. The third kappa shape index (κ3) is 1.96. The molecule has 0 aliphatic carbocycles. The predicted octanol–water partition coefficient (Wildman–Crippen LogP) is 4.31. The fourth-order valence-corrected chi connectivity index (χ4v) is 3.37. The second-order valence-electron chi connectivity index (χ2n) is 5.86. The summed E-state index contributed by atoms with van der Waals surface area (Å²) in [6.07, 6.45) is 0. The largest absolute Gasteiger partial charge is 0.268 e. The van der Waals surface area contributed by atoms with Crippen LogP contribution in [0.5, 0.6) is 0 Å². The first-order chi connectivity index (χ1) is 11.5. The highest BCUT2D eigenvalue weighted by Crippen LogP contribution is 2.37. The number of nitrogens with zero attached hydrogens (tertiary/aromatic N) is 2. The van der Waals surface area contributed by atoms with Crippen molar-refractivity contribution in [3.63, 3.8) is 0 Å². The number of benzene rings is 2. The first-order valence-corrected chi connectivity index (χ1v) is 7.91. The Labute approximate surface area is 143 Å². The zero-order chi connectivity index (χ0) is 17.0. The van der Waals surface area contributed by atoms with Crippen LogP contribution >= 0.6 is 11.6 Å². The molecule has 0 unspecified atom stereocenters. The van der Waals surface area contributed by atoms with Gasteiger partial charge < -0.3 is 0 Å². The summed E-state index contributed by atoms with van der Waals surface area (Å²) >= 11 is 6.20. The molecule has 0 atom stereocenters. The second-order valence-corrected chi connectivity index (χ2v) is 6.27. The van der Waals surface area contributed by atoms with E-state index in [0.29, 0.717) is 38.4 Å². The average molecular weight is 337 g/mol. The quantitative estimate of drug-likeness (QED) is 0.622. The van der Waals surface area contributed by atoms with Gasteiger partial charge in [0.1, 0.15) is 0 Å². The lowest BCUT2D eigenvalue weighted by Crippen LogP contribution is -2.29. The number of para-hydroxylation sites is 1. The molecule has 24 heavy (non-hydrogen) atoms. The molecule has 2 heterocycles. The third-order valence-electron chi connectivity index (χ3n) is 4.25. The molecule has 0 N–H and O–H groups in total. The van der Waals surface area contributed by atoms with Crippen molar-refractivity contribution >= 4 is 40.0 Å². The van der Waals surface area contributed by atoms with Crippen molar-refractivity contribution in [3.8, 4) is 0 Å². The van der Waals surface area contributed by atoms with E-state index in [-0.39, 0.29) is 11.8 Å². The van der Waals surface area contributed by atoms with Gasteiger partial charge in [0.15, 0.2) is 0 Å². The molecule has 1 aliphatic heterocycles.